The lowest BCUT2D eigenvalue weighted by molar-refractivity contribution is -0.146. The summed E-state index contributed by atoms with van der Waals surface area (Å²) in [5.41, 5.74) is 2.41. The smallest absolute Gasteiger partial charge is 0.313 e. The first-order chi connectivity index (χ1) is 12.0. The number of Topliss-reactive ketones (excluding diaryl/α,β-unsaturated/α-hetero) is 1. The lowest BCUT2D eigenvalue weighted by Gasteiger charge is -2.20. The Balaban J connectivity index is 2.09. The SMILES string of the molecule is CCOC(=O)CC(=O)C1CCc2c(cn(CCC(=O)OC)c2C#N)C1. The Morgan fingerprint density at radius 2 is 2.12 bits per heavy atom. The summed E-state index contributed by atoms with van der Waals surface area (Å²) >= 11 is 0. The quantitative estimate of drug-likeness (QED) is 0.549. The third kappa shape index (κ3) is 4.47. The second-order valence-electron chi connectivity index (χ2n) is 6.00. The number of fused-ring (bicyclic) bond motifs is 1. The van der Waals surface area contributed by atoms with Crippen LogP contribution in [0, 0.1) is 17.2 Å². The molecule has 1 atom stereocenters. The predicted molar refractivity (Wildman–Crippen MR) is 87.6 cm³/mol. The summed E-state index contributed by atoms with van der Waals surface area (Å²) in [4.78, 5) is 35.1. The maximum atomic E-state index is 12.3. The maximum absolute atomic E-state index is 12.3. The Hall–Kier alpha value is -2.62. The van der Waals surface area contributed by atoms with E-state index in [1.165, 1.54) is 7.11 Å². The molecule has 7 heteroatoms. The van der Waals surface area contributed by atoms with Crippen LogP contribution < -0.4 is 0 Å². The Morgan fingerprint density at radius 3 is 2.76 bits per heavy atom. The number of nitriles is 1. The van der Waals surface area contributed by atoms with Crippen molar-refractivity contribution in [3.63, 3.8) is 0 Å². The van der Waals surface area contributed by atoms with Crippen LogP contribution in [0.4, 0.5) is 0 Å². The highest BCUT2D eigenvalue weighted by Gasteiger charge is 2.29. The van der Waals surface area contributed by atoms with E-state index in [4.69, 9.17) is 4.74 Å². The summed E-state index contributed by atoms with van der Waals surface area (Å²) in [6.07, 6.45) is 3.55. The van der Waals surface area contributed by atoms with Crippen LogP contribution in [0.2, 0.25) is 0 Å². The molecule has 0 N–H and O–H groups in total. The Morgan fingerprint density at radius 1 is 1.36 bits per heavy atom. The minimum atomic E-state index is -0.494. The number of esters is 2. The van der Waals surface area contributed by atoms with Gasteiger partial charge in [0.15, 0.2) is 0 Å². The molecular formula is C18H22N2O5. The minimum absolute atomic E-state index is 0.120. The van der Waals surface area contributed by atoms with Gasteiger partial charge in [-0.3, -0.25) is 14.4 Å². The zero-order valence-electron chi connectivity index (χ0n) is 14.5. The van der Waals surface area contributed by atoms with Gasteiger partial charge in [0, 0.05) is 18.7 Å². The number of hydrogen-bond acceptors (Lipinski definition) is 6. The van der Waals surface area contributed by atoms with E-state index in [0.717, 1.165) is 11.1 Å². The summed E-state index contributed by atoms with van der Waals surface area (Å²) in [6.45, 7) is 2.33. The van der Waals surface area contributed by atoms with Crippen molar-refractivity contribution in [3.05, 3.63) is 23.0 Å². The fourth-order valence-electron chi connectivity index (χ4n) is 3.19. The van der Waals surface area contributed by atoms with Crippen LogP contribution in [0.1, 0.15) is 43.0 Å². The predicted octanol–water partition coefficient (Wildman–Crippen LogP) is 1.55. The highest BCUT2D eigenvalue weighted by Crippen LogP contribution is 2.30. The summed E-state index contributed by atoms with van der Waals surface area (Å²) in [7, 11) is 1.33. The van der Waals surface area contributed by atoms with Gasteiger partial charge in [-0.05, 0) is 37.3 Å². The lowest BCUT2D eigenvalue weighted by atomic mass is 9.82. The normalized spacial score (nSPS) is 15.8. The second-order valence-corrected chi connectivity index (χ2v) is 6.00. The van der Waals surface area contributed by atoms with Crippen LogP contribution in [0.15, 0.2) is 6.20 Å². The summed E-state index contributed by atoms with van der Waals surface area (Å²) in [5.74, 6) is -1.19. The number of hydrogen-bond donors (Lipinski definition) is 0. The van der Waals surface area contributed by atoms with Crippen LogP contribution in [0.3, 0.4) is 0 Å². The lowest BCUT2D eigenvalue weighted by Crippen LogP contribution is -2.25. The molecule has 25 heavy (non-hydrogen) atoms. The fourth-order valence-corrected chi connectivity index (χ4v) is 3.19. The van der Waals surface area contributed by atoms with Crippen molar-refractivity contribution in [1.82, 2.24) is 4.57 Å². The molecular weight excluding hydrogens is 324 g/mol. The monoisotopic (exact) mass is 346 g/mol. The maximum Gasteiger partial charge on any atom is 0.313 e. The first-order valence-electron chi connectivity index (χ1n) is 8.36. The molecule has 2 rings (SSSR count). The molecule has 1 aromatic heterocycles. The van der Waals surface area contributed by atoms with E-state index in [2.05, 4.69) is 10.8 Å². The molecule has 0 bridgehead atoms. The molecule has 0 saturated carbocycles. The molecule has 0 aromatic carbocycles. The molecule has 1 unspecified atom stereocenters. The topological polar surface area (TPSA) is 98.4 Å². The molecule has 0 saturated heterocycles. The van der Waals surface area contributed by atoms with Gasteiger partial charge in [-0.25, -0.2) is 0 Å². The standard InChI is InChI=1S/C18H22N2O5/c1-3-25-18(23)9-16(21)12-4-5-14-13(8-12)11-20(15(14)10-19)7-6-17(22)24-2/h11-12H,3-9H2,1-2H3. The highest BCUT2D eigenvalue weighted by molar-refractivity contribution is 5.97. The van der Waals surface area contributed by atoms with E-state index in [1.54, 1.807) is 11.5 Å². The molecule has 0 aliphatic heterocycles. The summed E-state index contributed by atoms with van der Waals surface area (Å²) in [6, 6.07) is 2.19. The van der Waals surface area contributed by atoms with Gasteiger partial charge in [0.25, 0.3) is 0 Å². The van der Waals surface area contributed by atoms with Gasteiger partial charge in [0.05, 0.1) is 20.1 Å². The number of aromatic nitrogens is 1. The number of ether oxygens (including phenoxy) is 2. The largest absolute Gasteiger partial charge is 0.469 e. The van der Waals surface area contributed by atoms with Crippen molar-refractivity contribution in [2.24, 2.45) is 5.92 Å². The van der Waals surface area contributed by atoms with Crippen LogP contribution >= 0.6 is 0 Å². The molecule has 0 spiro atoms. The number of methoxy groups -OCH3 is 1. The molecule has 0 radical (unpaired) electrons. The minimum Gasteiger partial charge on any atom is -0.469 e. The van der Waals surface area contributed by atoms with E-state index in [1.807, 2.05) is 6.20 Å². The molecule has 1 heterocycles. The molecule has 0 amide bonds. The highest BCUT2D eigenvalue weighted by atomic mass is 16.5. The van der Waals surface area contributed by atoms with E-state index >= 15 is 0 Å². The van der Waals surface area contributed by atoms with Gasteiger partial charge in [0.2, 0.25) is 0 Å². The molecule has 7 nitrogen and oxygen atoms in total. The first kappa shape index (κ1) is 18.7. The van der Waals surface area contributed by atoms with Crippen molar-refractivity contribution in [2.45, 2.75) is 45.6 Å². The van der Waals surface area contributed by atoms with Crippen molar-refractivity contribution >= 4 is 17.7 Å². The van der Waals surface area contributed by atoms with Crippen LogP contribution in [-0.4, -0.2) is 36.0 Å². The van der Waals surface area contributed by atoms with Crippen LogP contribution in [-0.2, 0) is 43.2 Å². The number of rotatable bonds is 7. The van der Waals surface area contributed by atoms with Crippen molar-refractivity contribution in [1.29, 1.82) is 5.26 Å². The van der Waals surface area contributed by atoms with E-state index < -0.39 is 5.97 Å². The molecule has 1 aliphatic rings. The van der Waals surface area contributed by atoms with Gasteiger partial charge in [-0.2, -0.15) is 5.26 Å². The van der Waals surface area contributed by atoms with Crippen LogP contribution in [0.5, 0.6) is 0 Å². The van der Waals surface area contributed by atoms with Crippen molar-refractivity contribution in [2.75, 3.05) is 13.7 Å². The Kier molecular flexibility index (Phi) is 6.34. The molecule has 1 aliphatic carbocycles. The average molecular weight is 346 g/mol. The van der Waals surface area contributed by atoms with Gasteiger partial charge < -0.3 is 14.0 Å². The van der Waals surface area contributed by atoms with Crippen molar-refractivity contribution in [3.8, 4) is 6.07 Å². The zero-order valence-corrected chi connectivity index (χ0v) is 14.5. The van der Waals surface area contributed by atoms with Gasteiger partial charge in [0.1, 0.15) is 24.0 Å². The number of carbonyl (C=O) groups excluding carboxylic acids is 3. The van der Waals surface area contributed by atoms with E-state index in [9.17, 15) is 19.6 Å². The number of carbonyl (C=O) groups is 3. The molecule has 1 aromatic rings. The van der Waals surface area contributed by atoms with Gasteiger partial charge >= 0.3 is 11.9 Å². The third-order valence-corrected chi connectivity index (χ3v) is 4.45. The third-order valence-electron chi connectivity index (χ3n) is 4.45. The number of nitrogens with zero attached hydrogens (tertiary/aromatic N) is 2. The Labute approximate surface area is 146 Å². The van der Waals surface area contributed by atoms with E-state index in [-0.39, 0.29) is 37.1 Å². The number of aryl methyl sites for hydroxylation is 1. The zero-order chi connectivity index (χ0) is 18.4. The molecule has 134 valence electrons. The number of ketones is 1. The molecule has 0 fully saturated rings. The van der Waals surface area contributed by atoms with Crippen LogP contribution in [0.25, 0.3) is 0 Å². The Bertz CT molecular complexity index is 714. The van der Waals surface area contributed by atoms with Gasteiger partial charge in [-0.1, -0.05) is 0 Å². The fraction of sp³-hybridized carbons (Fsp3) is 0.556. The van der Waals surface area contributed by atoms with E-state index in [0.29, 0.717) is 31.5 Å². The summed E-state index contributed by atoms with van der Waals surface area (Å²) in [5, 5.41) is 9.42. The van der Waals surface area contributed by atoms with Gasteiger partial charge in [-0.15, -0.1) is 0 Å². The first-order valence-corrected chi connectivity index (χ1v) is 8.36. The average Bonchev–Trinajstić information content (AvgIpc) is 2.96. The summed E-state index contributed by atoms with van der Waals surface area (Å²) < 4.78 is 11.2. The second kappa shape index (κ2) is 8.47. The van der Waals surface area contributed by atoms with Crippen molar-refractivity contribution < 1.29 is 23.9 Å².